The molecule has 0 bridgehead atoms. The Morgan fingerprint density at radius 2 is 2.06 bits per heavy atom. The molecule has 2 rings (SSSR count). The number of hydrogen-bond acceptors (Lipinski definition) is 1. The molecule has 0 atom stereocenters. The van der Waals surface area contributed by atoms with Crippen molar-refractivity contribution in [2.24, 2.45) is 0 Å². The maximum Gasteiger partial charge on any atom is 0.151 e. The normalized spacial score (nSPS) is 9.81. The van der Waals surface area contributed by atoms with E-state index < -0.39 is 5.82 Å². The standard InChI is InChI=1S/C13H7ClFN/c1-2-9-6-7-12(16-8-9)10-4-3-5-11(14)13(10)15/h1,3-8H. The molecule has 0 saturated carbocycles. The predicted molar refractivity (Wildman–Crippen MR) is 62.6 cm³/mol. The quantitative estimate of drug-likeness (QED) is 0.685. The van der Waals surface area contributed by atoms with Crippen molar-refractivity contribution in [3.8, 4) is 23.6 Å². The van der Waals surface area contributed by atoms with Crippen LogP contribution in [0.1, 0.15) is 5.56 Å². The van der Waals surface area contributed by atoms with Crippen molar-refractivity contribution < 1.29 is 4.39 Å². The lowest BCUT2D eigenvalue weighted by Crippen LogP contribution is -1.89. The fourth-order valence-corrected chi connectivity index (χ4v) is 1.51. The van der Waals surface area contributed by atoms with Gasteiger partial charge in [0.15, 0.2) is 5.82 Å². The molecule has 0 amide bonds. The van der Waals surface area contributed by atoms with Gasteiger partial charge < -0.3 is 0 Å². The molecule has 1 aromatic heterocycles. The number of rotatable bonds is 1. The third-order valence-electron chi connectivity index (χ3n) is 2.16. The molecule has 0 radical (unpaired) electrons. The Balaban J connectivity index is 2.51. The maximum absolute atomic E-state index is 13.7. The van der Waals surface area contributed by atoms with E-state index in [9.17, 15) is 4.39 Å². The first-order chi connectivity index (χ1) is 7.72. The SMILES string of the molecule is C#Cc1ccc(-c2cccc(Cl)c2F)nc1. The lowest BCUT2D eigenvalue weighted by molar-refractivity contribution is 0.631. The van der Waals surface area contributed by atoms with Gasteiger partial charge in [0.05, 0.1) is 10.7 Å². The Morgan fingerprint density at radius 1 is 1.25 bits per heavy atom. The lowest BCUT2D eigenvalue weighted by atomic mass is 10.1. The van der Waals surface area contributed by atoms with Gasteiger partial charge in [0, 0.05) is 17.3 Å². The number of nitrogens with zero attached hydrogens (tertiary/aromatic N) is 1. The van der Waals surface area contributed by atoms with Crippen LogP contribution in [-0.4, -0.2) is 4.98 Å². The fraction of sp³-hybridized carbons (Fsp3) is 0. The molecular weight excluding hydrogens is 225 g/mol. The first-order valence-electron chi connectivity index (χ1n) is 4.59. The van der Waals surface area contributed by atoms with E-state index in [0.717, 1.165) is 0 Å². The van der Waals surface area contributed by atoms with Crippen molar-refractivity contribution in [2.45, 2.75) is 0 Å². The number of halogens is 2. The van der Waals surface area contributed by atoms with Gasteiger partial charge in [-0.05, 0) is 24.3 Å². The Kier molecular flexibility index (Phi) is 2.89. The number of terminal acetylenes is 1. The lowest BCUT2D eigenvalue weighted by Gasteiger charge is -2.03. The third-order valence-corrected chi connectivity index (χ3v) is 2.45. The van der Waals surface area contributed by atoms with Crippen LogP contribution in [0.2, 0.25) is 5.02 Å². The topological polar surface area (TPSA) is 12.9 Å². The second kappa shape index (κ2) is 4.34. The minimum atomic E-state index is -0.467. The van der Waals surface area contributed by atoms with Crippen LogP contribution in [0, 0.1) is 18.2 Å². The summed E-state index contributed by atoms with van der Waals surface area (Å²) in [5.74, 6) is 1.98. The van der Waals surface area contributed by atoms with E-state index in [2.05, 4.69) is 10.9 Å². The molecule has 0 aliphatic rings. The average Bonchev–Trinajstić information content (AvgIpc) is 2.33. The van der Waals surface area contributed by atoms with Gasteiger partial charge in [-0.25, -0.2) is 4.39 Å². The second-order valence-corrected chi connectivity index (χ2v) is 3.59. The molecule has 1 aromatic carbocycles. The van der Waals surface area contributed by atoms with Gasteiger partial charge in [-0.1, -0.05) is 23.6 Å². The highest BCUT2D eigenvalue weighted by molar-refractivity contribution is 6.31. The van der Waals surface area contributed by atoms with Crippen LogP contribution in [0.25, 0.3) is 11.3 Å². The molecule has 2 aromatic rings. The van der Waals surface area contributed by atoms with Crippen molar-refractivity contribution in [2.75, 3.05) is 0 Å². The van der Waals surface area contributed by atoms with Gasteiger partial charge in [-0.3, -0.25) is 4.98 Å². The van der Waals surface area contributed by atoms with Gasteiger partial charge in [-0.15, -0.1) is 6.42 Å². The molecule has 0 N–H and O–H groups in total. The number of pyridine rings is 1. The Labute approximate surface area is 97.9 Å². The minimum Gasteiger partial charge on any atom is -0.255 e. The number of aromatic nitrogens is 1. The van der Waals surface area contributed by atoms with Crippen molar-refractivity contribution >= 4 is 11.6 Å². The van der Waals surface area contributed by atoms with E-state index in [1.807, 2.05) is 0 Å². The fourth-order valence-electron chi connectivity index (χ4n) is 1.34. The summed E-state index contributed by atoms with van der Waals surface area (Å²) in [5, 5.41) is 0.0836. The summed E-state index contributed by atoms with van der Waals surface area (Å²) in [5.41, 5.74) is 1.54. The van der Waals surface area contributed by atoms with Gasteiger partial charge in [-0.2, -0.15) is 0 Å². The third kappa shape index (κ3) is 1.91. The maximum atomic E-state index is 13.7. The highest BCUT2D eigenvalue weighted by Gasteiger charge is 2.08. The molecule has 0 unspecified atom stereocenters. The minimum absolute atomic E-state index is 0.0836. The zero-order chi connectivity index (χ0) is 11.5. The second-order valence-electron chi connectivity index (χ2n) is 3.18. The number of benzene rings is 1. The van der Waals surface area contributed by atoms with Gasteiger partial charge in [0.2, 0.25) is 0 Å². The summed E-state index contributed by atoms with van der Waals surface area (Å²) in [4.78, 5) is 4.08. The summed E-state index contributed by atoms with van der Waals surface area (Å²) in [6, 6.07) is 8.18. The van der Waals surface area contributed by atoms with E-state index in [1.165, 1.54) is 12.3 Å². The van der Waals surface area contributed by atoms with Crippen molar-refractivity contribution in [1.29, 1.82) is 0 Å². The van der Waals surface area contributed by atoms with E-state index in [-0.39, 0.29) is 5.02 Å². The van der Waals surface area contributed by atoms with E-state index in [4.69, 9.17) is 18.0 Å². The van der Waals surface area contributed by atoms with Crippen LogP contribution in [0.4, 0.5) is 4.39 Å². The largest absolute Gasteiger partial charge is 0.255 e. The predicted octanol–water partition coefficient (Wildman–Crippen LogP) is 3.52. The van der Waals surface area contributed by atoms with Crippen molar-refractivity contribution in [1.82, 2.24) is 4.98 Å². The van der Waals surface area contributed by atoms with Crippen LogP contribution >= 0.6 is 11.6 Å². The van der Waals surface area contributed by atoms with E-state index >= 15 is 0 Å². The molecule has 0 spiro atoms. The molecule has 78 valence electrons. The molecule has 1 heterocycles. The molecule has 3 heteroatoms. The summed E-state index contributed by atoms with van der Waals surface area (Å²) in [6.07, 6.45) is 6.73. The Morgan fingerprint density at radius 3 is 2.69 bits per heavy atom. The van der Waals surface area contributed by atoms with Crippen LogP contribution in [0.5, 0.6) is 0 Å². The molecule has 1 nitrogen and oxygen atoms in total. The van der Waals surface area contributed by atoms with Crippen LogP contribution in [-0.2, 0) is 0 Å². The zero-order valence-corrected chi connectivity index (χ0v) is 9.00. The smallest absolute Gasteiger partial charge is 0.151 e. The molecule has 16 heavy (non-hydrogen) atoms. The Bertz CT molecular complexity index is 555. The summed E-state index contributed by atoms with van der Waals surface area (Å²) < 4.78 is 13.7. The first-order valence-corrected chi connectivity index (χ1v) is 4.97. The molecular formula is C13H7ClFN. The van der Waals surface area contributed by atoms with Gasteiger partial charge >= 0.3 is 0 Å². The highest BCUT2D eigenvalue weighted by atomic mass is 35.5. The van der Waals surface area contributed by atoms with Crippen LogP contribution in [0.3, 0.4) is 0 Å². The molecule has 0 saturated heterocycles. The molecule has 0 aliphatic carbocycles. The van der Waals surface area contributed by atoms with Crippen LogP contribution < -0.4 is 0 Å². The summed E-state index contributed by atoms with van der Waals surface area (Å²) >= 11 is 5.69. The van der Waals surface area contributed by atoms with Crippen LogP contribution in [0.15, 0.2) is 36.5 Å². The molecule has 0 fully saturated rings. The van der Waals surface area contributed by atoms with E-state index in [1.54, 1.807) is 24.3 Å². The monoisotopic (exact) mass is 231 g/mol. The number of hydrogen-bond donors (Lipinski definition) is 0. The first kappa shape index (κ1) is 10.7. The molecule has 0 aliphatic heterocycles. The zero-order valence-electron chi connectivity index (χ0n) is 8.24. The Hall–Kier alpha value is -1.85. The van der Waals surface area contributed by atoms with Crippen molar-refractivity contribution in [3.63, 3.8) is 0 Å². The summed E-state index contributed by atoms with van der Waals surface area (Å²) in [6.45, 7) is 0. The van der Waals surface area contributed by atoms with Crippen molar-refractivity contribution in [3.05, 3.63) is 52.9 Å². The summed E-state index contributed by atoms with van der Waals surface area (Å²) in [7, 11) is 0. The van der Waals surface area contributed by atoms with Gasteiger partial charge in [0.25, 0.3) is 0 Å². The average molecular weight is 232 g/mol. The highest BCUT2D eigenvalue weighted by Crippen LogP contribution is 2.25. The van der Waals surface area contributed by atoms with E-state index in [0.29, 0.717) is 16.8 Å². The van der Waals surface area contributed by atoms with Gasteiger partial charge in [0.1, 0.15) is 0 Å².